The summed E-state index contributed by atoms with van der Waals surface area (Å²) in [5.41, 5.74) is 0.910. The van der Waals surface area contributed by atoms with E-state index in [0.717, 1.165) is 24.8 Å². The summed E-state index contributed by atoms with van der Waals surface area (Å²) in [5.74, 6) is -0.921. The van der Waals surface area contributed by atoms with E-state index in [2.05, 4.69) is 5.32 Å². The highest BCUT2D eigenvalue weighted by molar-refractivity contribution is 6.35. The summed E-state index contributed by atoms with van der Waals surface area (Å²) in [6.45, 7) is 2.48. The van der Waals surface area contributed by atoms with Gasteiger partial charge in [-0.3, -0.25) is 9.59 Å². The Hall–Kier alpha value is -1.26. The molecule has 1 amide bonds. The lowest BCUT2D eigenvalue weighted by molar-refractivity contribution is -0.137. The number of carbonyl (C=O) groups is 2. The summed E-state index contributed by atoms with van der Waals surface area (Å²) in [5, 5.41) is 12.6. The van der Waals surface area contributed by atoms with Crippen LogP contribution >= 0.6 is 23.2 Å². The van der Waals surface area contributed by atoms with Crippen LogP contribution in [-0.2, 0) is 16.0 Å². The first-order chi connectivity index (χ1) is 10.9. The molecular weight excluding hydrogens is 337 g/mol. The average molecular weight is 360 g/mol. The zero-order valence-corrected chi connectivity index (χ0v) is 14.8. The van der Waals surface area contributed by atoms with Gasteiger partial charge in [0.25, 0.3) is 0 Å². The third kappa shape index (κ3) is 8.24. The molecule has 6 heteroatoms. The van der Waals surface area contributed by atoms with Gasteiger partial charge in [0.2, 0.25) is 5.91 Å². The van der Waals surface area contributed by atoms with Crippen molar-refractivity contribution in [2.45, 2.75) is 45.4 Å². The van der Waals surface area contributed by atoms with Crippen LogP contribution in [0.25, 0.3) is 0 Å². The second-order valence-corrected chi connectivity index (χ2v) is 6.53. The van der Waals surface area contributed by atoms with Gasteiger partial charge in [-0.2, -0.15) is 0 Å². The third-order valence-electron chi connectivity index (χ3n) is 3.61. The van der Waals surface area contributed by atoms with E-state index in [1.807, 2.05) is 13.0 Å². The molecule has 0 radical (unpaired) electrons. The predicted octanol–water partition coefficient (Wildman–Crippen LogP) is 4.32. The molecule has 0 spiro atoms. The van der Waals surface area contributed by atoms with E-state index in [4.69, 9.17) is 28.3 Å². The van der Waals surface area contributed by atoms with Gasteiger partial charge in [0.05, 0.1) is 0 Å². The number of unbranched alkanes of at least 4 members (excludes halogenated alkanes) is 3. The van der Waals surface area contributed by atoms with Crippen LogP contribution in [-0.4, -0.2) is 23.5 Å². The summed E-state index contributed by atoms with van der Waals surface area (Å²) in [4.78, 5) is 22.4. The summed E-state index contributed by atoms with van der Waals surface area (Å²) < 4.78 is 0. The van der Waals surface area contributed by atoms with E-state index < -0.39 is 5.97 Å². The Kier molecular flexibility index (Phi) is 9.03. The molecule has 0 saturated carbocycles. The van der Waals surface area contributed by atoms with Crippen LogP contribution in [0.4, 0.5) is 0 Å². The van der Waals surface area contributed by atoms with E-state index in [-0.39, 0.29) is 18.2 Å². The smallest absolute Gasteiger partial charge is 0.303 e. The van der Waals surface area contributed by atoms with Gasteiger partial charge in [-0.25, -0.2) is 0 Å². The Balaban J connectivity index is 2.22. The van der Waals surface area contributed by atoms with Gasteiger partial charge in [0.1, 0.15) is 0 Å². The van der Waals surface area contributed by atoms with Gasteiger partial charge in [-0.15, -0.1) is 0 Å². The fourth-order valence-corrected chi connectivity index (χ4v) is 2.74. The number of hydrogen-bond donors (Lipinski definition) is 2. The van der Waals surface area contributed by atoms with Gasteiger partial charge in [0, 0.05) is 28.9 Å². The Morgan fingerprint density at radius 1 is 1.17 bits per heavy atom. The molecule has 0 aliphatic rings. The van der Waals surface area contributed by atoms with Crippen LogP contribution in [0.5, 0.6) is 0 Å². The van der Waals surface area contributed by atoms with Crippen molar-refractivity contribution in [3.05, 3.63) is 33.8 Å². The second-order valence-electron chi connectivity index (χ2n) is 5.69. The highest BCUT2D eigenvalue weighted by Crippen LogP contribution is 2.23. The van der Waals surface area contributed by atoms with Crippen molar-refractivity contribution in [2.24, 2.45) is 5.92 Å². The number of nitrogens with one attached hydrogen (secondary N) is 1. The molecule has 4 nitrogen and oxygen atoms in total. The summed E-state index contributed by atoms with van der Waals surface area (Å²) >= 11 is 12.0. The number of rotatable bonds is 10. The largest absolute Gasteiger partial charge is 0.481 e. The number of carboxylic acids is 1. The Morgan fingerprint density at radius 2 is 1.87 bits per heavy atom. The molecule has 0 saturated heterocycles. The number of hydrogen-bond acceptors (Lipinski definition) is 2. The van der Waals surface area contributed by atoms with Crippen LogP contribution in [0, 0.1) is 5.92 Å². The first kappa shape index (κ1) is 19.8. The van der Waals surface area contributed by atoms with Crippen molar-refractivity contribution >= 4 is 35.1 Å². The van der Waals surface area contributed by atoms with Crippen molar-refractivity contribution in [3.63, 3.8) is 0 Å². The zero-order chi connectivity index (χ0) is 17.2. The number of aliphatic carboxylic acids is 1. The number of benzene rings is 1. The fraction of sp³-hybridized carbons (Fsp3) is 0.529. The third-order valence-corrected chi connectivity index (χ3v) is 4.19. The predicted molar refractivity (Wildman–Crippen MR) is 93.1 cm³/mol. The molecule has 1 rings (SSSR count). The molecule has 2 N–H and O–H groups in total. The van der Waals surface area contributed by atoms with Gasteiger partial charge < -0.3 is 10.4 Å². The van der Waals surface area contributed by atoms with Gasteiger partial charge >= 0.3 is 5.97 Å². The lowest BCUT2D eigenvalue weighted by Crippen LogP contribution is -2.31. The van der Waals surface area contributed by atoms with Crippen molar-refractivity contribution in [1.29, 1.82) is 0 Å². The summed E-state index contributed by atoms with van der Waals surface area (Å²) in [6.07, 6.45) is 4.13. The second kappa shape index (κ2) is 10.5. The zero-order valence-electron chi connectivity index (χ0n) is 13.3. The van der Waals surface area contributed by atoms with Crippen molar-refractivity contribution in [3.8, 4) is 0 Å². The topological polar surface area (TPSA) is 66.4 Å². The molecule has 128 valence electrons. The molecule has 1 aromatic rings. The number of amides is 1. The number of halogens is 2. The lowest BCUT2D eigenvalue weighted by atomic mass is 10.0. The highest BCUT2D eigenvalue weighted by Gasteiger charge is 2.14. The van der Waals surface area contributed by atoms with Crippen molar-refractivity contribution in [2.75, 3.05) is 6.54 Å². The minimum Gasteiger partial charge on any atom is -0.481 e. The fourth-order valence-electron chi connectivity index (χ4n) is 2.25. The molecule has 1 aromatic carbocycles. The molecule has 0 fully saturated rings. The van der Waals surface area contributed by atoms with Crippen LogP contribution in [0.1, 0.15) is 44.6 Å². The molecule has 0 aromatic heterocycles. The maximum absolute atomic E-state index is 12.0. The number of carboxylic acid groups (broad SMARTS) is 1. The Bertz CT molecular complexity index is 535. The maximum Gasteiger partial charge on any atom is 0.303 e. The molecular formula is C17H23Cl2NO3. The highest BCUT2D eigenvalue weighted by atomic mass is 35.5. The Labute approximate surface area is 147 Å². The maximum atomic E-state index is 12.0. The molecule has 0 aliphatic carbocycles. The molecule has 0 heterocycles. The van der Waals surface area contributed by atoms with E-state index in [0.29, 0.717) is 29.4 Å². The summed E-state index contributed by atoms with van der Waals surface area (Å²) in [7, 11) is 0. The molecule has 23 heavy (non-hydrogen) atoms. The summed E-state index contributed by atoms with van der Waals surface area (Å²) in [6, 6.07) is 5.29. The van der Waals surface area contributed by atoms with Crippen LogP contribution in [0.15, 0.2) is 18.2 Å². The lowest BCUT2D eigenvalue weighted by Gasteiger charge is -2.13. The average Bonchev–Trinajstić information content (AvgIpc) is 2.48. The number of carbonyl (C=O) groups excluding carboxylic acids is 1. The minimum absolute atomic E-state index is 0.00144. The van der Waals surface area contributed by atoms with Crippen molar-refractivity contribution in [1.82, 2.24) is 5.32 Å². The quantitative estimate of drug-likeness (QED) is 0.611. The normalized spacial score (nSPS) is 12.0. The van der Waals surface area contributed by atoms with E-state index in [1.165, 1.54) is 0 Å². The van der Waals surface area contributed by atoms with Crippen molar-refractivity contribution < 1.29 is 14.7 Å². The van der Waals surface area contributed by atoms with E-state index in [1.54, 1.807) is 12.1 Å². The minimum atomic E-state index is -0.756. The van der Waals surface area contributed by atoms with Gasteiger partial charge in [0.15, 0.2) is 0 Å². The molecule has 0 aliphatic heterocycles. The first-order valence-electron chi connectivity index (χ1n) is 7.83. The van der Waals surface area contributed by atoms with Crippen LogP contribution in [0.3, 0.4) is 0 Å². The SMILES string of the molecule is CC(Cc1ccc(Cl)cc1Cl)C(=O)NCCCCCCC(=O)O. The van der Waals surface area contributed by atoms with Crippen LogP contribution < -0.4 is 5.32 Å². The molecule has 1 unspecified atom stereocenters. The van der Waals surface area contributed by atoms with Gasteiger partial charge in [-0.05, 0) is 37.0 Å². The van der Waals surface area contributed by atoms with Crippen LogP contribution in [0.2, 0.25) is 10.0 Å². The first-order valence-corrected chi connectivity index (χ1v) is 8.59. The van der Waals surface area contributed by atoms with E-state index in [9.17, 15) is 9.59 Å². The van der Waals surface area contributed by atoms with Gasteiger partial charge in [-0.1, -0.05) is 49.0 Å². The standard InChI is InChI=1S/C17H23Cl2NO3/c1-12(10-13-7-8-14(18)11-15(13)19)17(23)20-9-5-3-2-4-6-16(21)22/h7-8,11-12H,2-6,9-10H2,1H3,(H,20,23)(H,21,22). The molecule has 0 bridgehead atoms. The van der Waals surface area contributed by atoms with E-state index >= 15 is 0 Å². The monoisotopic (exact) mass is 359 g/mol. The Morgan fingerprint density at radius 3 is 2.52 bits per heavy atom. The molecule has 1 atom stereocenters.